The van der Waals surface area contributed by atoms with Gasteiger partial charge in [-0.25, -0.2) is 4.79 Å². The molecule has 0 atom stereocenters. The molecule has 1 aliphatic heterocycles. The Bertz CT molecular complexity index is 898. The van der Waals surface area contributed by atoms with Crippen LogP contribution in [0, 0.1) is 10.1 Å². The number of hydrogen-bond donors (Lipinski definition) is 2. The van der Waals surface area contributed by atoms with Crippen LogP contribution in [0.25, 0.3) is 0 Å². The summed E-state index contributed by atoms with van der Waals surface area (Å²) in [5, 5.41) is 16.3. The van der Waals surface area contributed by atoms with Crippen LogP contribution in [0.4, 0.5) is 21.9 Å². The Morgan fingerprint density at radius 3 is 2.39 bits per heavy atom. The van der Waals surface area contributed by atoms with Crippen molar-refractivity contribution < 1.29 is 19.2 Å². The van der Waals surface area contributed by atoms with Crippen molar-refractivity contribution in [3.8, 4) is 11.5 Å². The highest BCUT2D eigenvalue weighted by Gasteiger charge is 2.17. The van der Waals surface area contributed by atoms with Crippen molar-refractivity contribution in [2.45, 2.75) is 0 Å². The van der Waals surface area contributed by atoms with E-state index in [-0.39, 0.29) is 17.5 Å². The first-order valence-corrected chi connectivity index (χ1v) is 9.99. The summed E-state index contributed by atoms with van der Waals surface area (Å²) < 4.78 is 10.3. The van der Waals surface area contributed by atoms with Crippen molar-refractivity contribution in [2.75, 3.05) is 63.7 Å². The van der Waals surface area contributed by atoms with Gasteiger partial charge in [-0.05, 0) is 30.3 Å². The van der Waals surface area contributed by atoms with Crippen molar-refractivity contribution in [3.05, 3.63) is 52.6 Å². The Labute approximate surface area is 180 Å². The van der Waals surface area contributed by atoms with E-state index in [1.807, 2.05) is 12.1 Å². The lowest BCUT2D eigenvalue weighted by Gasteiger charge is -2.36. The molecule has 1 aliphatic rings. The van der Waals surface area contributed by atoms with E-state index in [4.69, 9.17) is 9.47 Å². The predicted molar refractivity (Wildman–Crippen MR) is 118 cm³/mol. The number of non-ortho nitro benzene ring substituents is 1. The average molecular weight is 429 g/mol. The van der Waals surface area contributed by atoms with Crippen LogP contribution in [0.5, 0.6) is 11.5 Å². The molecule has 2 amide bonds. The number of amides is 2. The van der Waals surface area contributed by atoms with E-state index in [0.29, 0.717) is 12.2 Å². The molecule has 0 radical (unpaired) electrons. The van der Waals surface area contributed by atoms with Gasteiger partial charge in [-0.1, -0.05) is 0 Å². The van der Waals surface area contributed by atoms with E-state index in [2.05, 4.69) is 32.6 Å². The van der Waals surface area contributed by atoms with E-state index in [1.54, 1.807) is 7.11 Å². The Kier molecular flexibility index (Phi) is 7.50. The number of nitro benzene ring substituents is 1. The van der Waals surface area contributed by atoms with Gasteiger partial charge in [0.1, 0.15) is 11.5 Å². The maximum absolute atomic E-state index is 12.2. The first-order chi connectivity index (χ1) is 15.0. The quantitative estimate of drug-likeness (QED) is 0.490. The van der Waals surface area contributed by atoms with Crippen LogP contribution in [-0.4, -0.2) is 69.3 Å². The summed E-state index contributed by atoms with van der Waals surface area (Å²) in [7, 11) is 3.05. The lowest BCUT2D eigenvalue weighted by atomic mass is 10.2. The molecule has 2 aromatic carbocycles. The largest absolute Gasteiger partial charge is 0.497 e. The Balaban J connectivity index is 1.40. The summed E-state index contributed by atoms with van der Waals surface area (Å²) >= 11 is 0. The zero-order chi connectivity index (χ0) is 22.2. The second-order valence-electron chi connectivity index (χ2n) is 7.05. The summed E-state index contributed by atoms with van der Waals surface area (Å²) in [6.45, 7) is 4.87. The van der Waals surface area contributed by atoms with Crippen molar-refractivity contribution in [1.82, 2.24) is 10.2 Å². The molecule has 0 saturated carbocycles. The second kappa shape index (κ2) is 10.5. The van der Waals surface area contributed by atoms with Gasteiger partial charge in [0.15, 0.2) is 0 Å². The zero-order valence-electron chi connectivity index (χ0n) is 17.7. The SMILES string of the molecule is COc1ccc(N2CCN(CCNC(=O)Nc3ccc([N+](=O)[O-])cc3OC)CC2)cc1. The zero-order valence-corrected chi connectivity index (χ0v) is 17.7. The minimum Gasteiger partial charge on any atom is -0.497 e. The number of ether oxygens (including phenoxy) is 2. The van der Waals surface area contributed by atoms with E-state index in [9.17, 15) is 14.9 Å². The van der Waals surface area contributed by atoms with Gasteiger partial charge in [0.2, 0.25) is 0 Å². The summed E-state index contributed by atoms with van der Waals surface area (Å²) in [5.74, 6) is 1.08. The van der Waals surface area contributed by atoms with Crippen molar-refractivity contribution in [2.24, 2.45) is 0 Å². The van der Waals surface area contributed by atoms with Gasteiger partial charge in [-0.2, -0.15) is 0 Å². The van der Waals surface area contributed by atoms with Gasteiger partial charge in [-0.3, -0.25) is 15.0 Å². The molecule has 10 heteroatoms. The van der Waals surface area contributed by atoms with Gasteiger partial charge < -0.3 is 25.0 Å². The topological polar surface area (TPSA) is 109 Å². The first kappa shape index (κ1) is 22.2. The van der Waals surface area contributed by atoms with Crippen LogP contribution in [0.2, 0.25) is 0 Å². The van der Waals surface area contributed by atoms with Crippen LogP contribution in [0.15, 0.2) is 42.5 Å². The third-order valence-corrected chi connectivity index (χ3v) is 5.17. The molecule has 31 heavy (non-hydrogen) atoms. The summed E-state index contributed by atoms with van der Waals surface area (Å²) in [5.41, 5.74) is 1.45. The Morgan fingerprint density at radius 1 is 1.06 bits per heavy atom. The molecule has 0 aromatic heterocycles. The van der Waals surface area contributed by atoms with E-state index >= 15 is 0 Å². The predicted octanol–water partition coefficient (Wildman–Crippen LogP) is 2.56. The van der Waals surface area contributed by atoms with E-state index < -0.39 is 4.92 Å². The molecule has 10 nitrogen and oxygen atoms in total. The highest BCUT2D eigenvalue weighted by molar-refractivity contribution is 5.91. The number of benzene rings is 2. The monoisotopic (exact) mass is 429 g/mol. The van der Waals surface area contributed by atoms with Gasteiger partial charge in [0.25, 0.3) is 5.69 Å². The number of rotatable bonds is 8. The van der Waals surface area contributed by atoms with Crippen molar-refractivity contribution in [1.29, 1.82) is 0 Å². The van der Waals surface area contributed by atoms with Gasteiger partial charge >= 0.3 is 6.03 Å². The standard InChI is InChI=1S/C21H27N5O5/c1-30-18-6-3-16(4-7-18)25-13-11-24(12-14-25)10-9-22-21(27)23-19-8-5-17(26(28)29)15-20(19)31-2/h3-8,15H,9-14H2,1-2H3,(H2,22,23,27). The summed E-state index contributed by atoms with van der Waals surface area (Å²) in [4.78, 5) is 27.2. The number of hydrogen-bond acceptors (Lipinski definition) is 7. The van der Waals surface area contributed by atoms with E-state index in [0.717, 1.165) is 38.5 Å². The molecule has 1 saturated heterocycles. The fourth-order valence-electron chi connectivity index (χ4n) is 3.41. The number of carbonyl (C=O) groups excluding carboxylic acids is 1. The molecule has 0 unspecified atom stereocenters. The molecule has 1 fully saturated rings. The fraction of sp³-hybridized carbons (Fsp3) is 0.381. The lowest BCUT2D eigenvalue weighted by molar-refractivity contribution is -0.384. The van der Waals surface area contributed by atoms with Crippen molar-refractivity contribution in [3.63, 3.8) is 0 Å². The molecule has 2 N–H and O–H groups in total. The average Bonchev–Trinajstić information content (AvgIpc) is 2.79. The summed E-state index contributed by atoms with van der Waals surface area (Å²) in [6, 6.07) is 11.7. The molecular weight excluding hydrogens is 402 g/mol. The van der Waals surface area contributed by atoms with Gasteiger partial charge in [0.05, 0.1) is 30.9 Å². The van der Waals surface area contributed by atoms with E-state index in [1.165, 1.54) is 31.0 Å². The maximum Gasteiger partial charge on any atom is 0.319 e. The third-order valence-electron chi connectivity index (χ3n) is 5.17. The number of urea groups is 1. The van der Waals surface area contributed by atoms with Crippen LogP contribution in [0.1, 0.15) is 0 Å². The van der Waals surface area contributed by atoms with Crippen LogP contribution < -0.4 is 25.0 Å². The van der Waals surface area contributed by atoms with Crippen LogP contribution >= 0.6 is 0 Å². The third kappa shape index (κ3) is 5.98. The minimum absolute atomic E-state index is 0.100. The second-order valence-corrected chi connectivity index (χ2v) is 7.05. The Hall–Kier alpha value is -3.53. The maximum atomic E-state index is 12.2. The molecule has 0 spiro atoms. The number of anilines is 2. The van der Waals surface area contributed by atoms with Crippen LogP contribution in [0.3, 0.4) is 0 Å². The number of piperazine rings is 1. The molecule has 166 valence electrons. The summed E-state index contributed by atoms with van der Waals surface area (Å²) in [6.07, 6.45) is 0. The normalized spacial score (nSPS) is 14.1. The Morgan fingerprint density at radius 2 is 1.77 bits per heavy atom. The molecule has 2 aromatic rings. The minimum atomic E-state index is -0.513. The van der Waals surface area contributed by atoms with Crippen LogP contribution in [-0.2, 0) is 0 Å². The highest BCUT2D eigenvalue weighted by Crippen LogP contribution is 2.28. The molecular formula is C21H27N5O5. The lowest BCUT2D eigenvalue weighted by Crippen LogP contribution is -2.48. The molecule has 0 aliphatic carbocycles. The van der Waals surface area contributed by atoms with Crippen molar-refractivity contribution >= 4 is 23.1 Å². The smallest absolute Gasteiger partial charge is 0.319 e. The molecule has 0 bridgehead atoms. The molecule has 3 rings (SSSR count). The first-order valence-electron chi connectivity index (χ1n) is 9.99. The number of nitro groups is 1. The number of nitrogens with zero attached hydrogens (tertiary/aromatic N) is 3. The fourth-order valence-corrected chi connectivity index (χ4v) is 3.41. The highest BCUT2D eigenvalue weighted by atomic mass is 16.6. The molecule has 1 heterocycles. The van der Waals surface area contributed by atoms with Gasteiger partial charge in [-0.15, -0.1) is 0 Å². The number of methoxy groups -OCH3 is 2. The van der Waals surface area contributed by atoms with Gasteiger partial charge in [0, 0.05) is 51.0 Å². The number of nitrogens with one attached hydrogen (secondary N) is 2. The number of carbonyl (C=O) groups is 1.